The largest absolute Gasteiger partial charge is 0.465 e. The number of anilines is 1. The molecule has 186 valence electrons. The summed E-state index contributed by atoms with van der Waals surface area (Å²) < 4.78 is 52.2. The molecule has 0 saturated carbocycles. The predicted molar refractivity (Wildman–Crippen MR) is 133 cm³/mol. The third kappa shape index (κ3) is 5.18. The molecular formula is C25H20BrFN2O6S. The van der Waals surface area contributed by atoms with Crippen LogP contribution in [0.3, 0.4) is 0 Å². The molecule has 0 spiro atoms. The number of furan rings is 1. The number of benzene rings is 2. The summed E-state index contributed by atoms with van der Waals surface area (Å²) in [7, 11) is -2.57. The minimum atomic E-state index is -3.77. The molecule has 0 fully saturated rings. The van der Waals surface area contributed by atoms with Crippen molar-refractivity contribution in [1.29, 1.82) is 0 Å². The first-order valence-electron chi connectivity index (χ1n) is 10.6. The molecule has 0 atom stereocenters. The van der Waals surface area contributed by atoms with Crippen molar-refractivity contribution in [3.05, 3.63) is 99.3 Å². The second-order valence-corrected chi connectivity index (χ2v) is 10.4. The summed E-state index contributed by atoms with van der Waals surface area (Å²) >= 11 is 3.26. The number of carbonyl (C=O) groups excluding carboxylic acids is 2. The lowest BCUT2D eigenvalue weighted by molar-refractivity contribution is -0.136. The molecule has 0 saturated heterocycles. The van der Waals surface area contributed by atoms with Gasteiger partial charge in [0.05, 0.1) is 29.7 Å². The molecule has 4 rings (SSSR count). The Hall–Kier alpha value is -3.54. The summed E-state index contributed by atoms with van der Waals surface area (Å²) in [4.78, 5) is 27.1. The van der Waals surface area contributed by atoms with E-state index in [9.17, 15) is 22.4 Å². The Morgan fingerprint density at radius 2 is 1.78 bits per heavy atom. The maximum absolute atomic E-state index is 13.4. The zero-order valence-electron chi connectivity index (χ0n) is 19.1. The maximum Gasteiger partial charge on any atom is 0.340 e. The summed E-state index contributed by atoms with van der Waals surface area (Å²) in [6.45, 7) is 1.45. The molecule has 2 heterocycles. The van der Waals surface area contributed by atoms with Crippen LogP contribution in [0.2, 0.25) is 0 Å². The van der Waals surface area contributed by atoms with Gasteiger partial charge in [0.15, 0.2) is 0 Å². The van der Waals surface area contributed by atoms with Crippen LogP contribution in [0, 0.1) is 5.82 Å². The zero-order valence-corrected chi connectivity index (χ0v) is 21.5. The Kier molecular flexibility index (Phi) is 7.25. The van der Waals surface area contributed by atoms with Gasteiger partial charge in [-0.2, -0.15) is 0 Å². The van der Waals surface area contributed by atoms with E-state index in [2.05, 4.69) is 20.7 Å². The second kappa shape index (κ2) is 10.2. The Balaban J connectivity index is 1.59. The van der Waals surface area contributed by atoms with Crippen LogP contribution in [0.15, 0.2) is 91.3 Å². The monoisotopic (exact) mass is 574 g/mol. The lowest BCUT2D eigenvalue weighted by Crippen LogP contribution is -2.24. The molecule has 1 amide bonds. The third-order valence-electron chi connectivity index (χ3n) is 5.40. The summed E-state index contributed by atoms with van der Waals surface area (Å²) in [5, 5.41) is 0. The quantitative estimate of drug-likeness (QED) is 0.328. The first-order chi connectivity index (χ1) is 17.1. The minimum Gasteiger partial charge on any atom is -0.465 e. The number of sulfonamides is 1. The fraction of sp³-hybridized carbons (Fsp3) is 0.120. The fourth-order valence-corrected chi connectivity index (χ4v) is 4.91. The number of amides is 1. The molecule has 1 N–H and O–H groups in total. The number of allylic oxidation sites excluding steroid dienone is 1. The van der Waals surface area contributed by atoms with Crippen LogP contribution in [-0.2, 0) is 30.9 Å². The Morgan fingerprint density at radius 1 is 1.11 bits per heavy atom. The molecule has 2 aromatic carbocycles. The fourth-order valence-electron chi connectivity index (χ4n) is 3.65. The molecule has 0 unspecified atom stereocenters. The van der Waals surface area contributed by atoms with E-state index in [0.29, 0.717) is 17.1 Å². The van der Waals surface area contributed by atoms with Crippen molar-refractivity contribution in [2.24, 2.45) is 0 Å². The number of halogens is 2. The Morgan fingerprint density at radius 3 is 2.42 bits per heavy atom. The van der Waals surface area contributed by atoms with Gasteiger partial charge in [-0.05, 0) is 73.7 Å². The van der Waals surface area contributed by atoms with Crippen LogP contribution in [0.25, 0.3) is 6.08 Å². The number of esters is 1. The molecule has 11 heteroatoms. The van der Waals surface area contributed by atoms with E-state index in [1.807, 2.05) is 0 Å². The SMILES string of the molecule is COC(=O)C1=C(C)N(c2ccc(F)cc2)C(=O)/C1=C/c1ccc(CNS(=O)(=O)c2ccc(Br)cc2)o1. The van der Waals surface area contributed by atoms with Crippen LogP contribution in [0.5, 0.6) is 0 Å². The van der Waals surface area contributed by atoms with Crippen LogP contribution in [0.4, 0.5) is 10.1 Å². The van der Waals surface area contributed by atoms with Gasteiger partial charge in [0.1, 0.15) is 17.3 Å². The van der Waals surface area contributed by atoms with Crippen molar-refractivity contribution in [1.82, 2.24) is 4.72 Å². The van der Waals surface area contributed by atoms with E-state index in [1.54, 1.807) is 31.2 Å². The van der Waals surface area contributed by atoms with Crippen molar-refractivity contribution in [3.63, 3.8) is 0 Å². The number of nitrogens with zero attached hydrogens (tertiary/aromatic N) is 1. The zero-order chi connectivity index (χ0) is 26.0. The van der Waals surface area contributed by atoms with Crippen molar-refractivity contribution in [2.75, 3.05) is 12.0 Å². The highest BCUT2D eigenvalue weighted by atomic mass is 79.9. The molecule has 0 bridgehead atoms. The summed E-state index contributed by atoms with van der Waals surface area (Å²) in [5.74, 6) is -1.18. The number of carbonyl (C=O) groups is 2. The van der Waals surface area contributed by atoms with Gasteiger partial charge in [-0.1, -0.05) is 15.9 Å². The van der Waals surface area contributed by atoms with Crippen molar-refractivity contribution >= 4 is 49.6 Å². The maximum atomic E-state index is 13.4. The first kappa shape index (κ1) is 25.5. The standard InChI is InChI=1S/C25H20BrFN2O6S/c1-15-23(25(31)34-2)22(24(30)29(15)18-7-5-17(27)6-8-18)13-19-9-10-20(35-19)14-28-36(32,33)21-11-3-16(26)4-12-21/h3-13,28H,14H2,1-2H3/b22-13+. The lowest BCUT2D eigenvalue weighted by Gasteiger charge is -2.17. The smallest absolute Gasteiger partial charge is 0.340 e. The molecule has 3 aromatic rings. The second-order valence-electron chi connectivity index (χ2n) is 7.71. The number of hydrogen-bond donors (Lipinski definition) is 1. The summed E-state index contributed by atoms with van der Waals surface area (Å²) in [6.07, 6.45) is 1.38. The Bertz CT molecular complexity index is 1490. The molecule has 0 radical (unpaired) electrons. The van der Waals surface area contributed by atoms with Gasteiger partial charge in [0, 0.05) is 15.9 Å². The molecule has 1 aliphatic rings. The van der Waals surface area contributed by atoms with Gasteiger partial charge in [0.25, 0.3) is 5.91 Å². The molecular weight excluding hydrogens is 555 g/mol. The van der Waals surface area contributed by atoms with Crippen LogP contribution < -0.4 is 9.62 Å². The van der Waals surface area contributed by atoms with Gasteiger partial charge >= 0.3 is 5.97 Å². The van der Waals surface area contributed by atoms with Gasteiger partial charge in [-0.25, -0.2) is 22.3 Å². The number of methoxy groups -OCH3 is 1. The topological polar surface area (TPSA) is 106 Å². The van der Waals surface area contributed by atoms with Crippen molar-refractivity contribution in [2.45, 2.75) is 18.4 Å². The van der Waals surface area contributed by atoms with E-state index in [4.69, 9.17) is 9.15 Å². The number of rotatable bonds is 7. The van der Waals surface area contributed by atoms with E-state index in [0.717, 1.165) is 4.47 Å². The van der Waals surface area contributed by atoms with E-state index < -0.39 is 27.7 Å². The van der Waals surface area contributed by atoms with Gasteiger partial charge in [0.2, 0.25) is 10.0 Å². The average Bonchev–Trinajstić information content (AvgIpc) is 3.40. The summed E-state index contributed by atoms with van der Waals surface area (Å²) in [6, 6.07) is 14.6. The number of ether oxygens (including phenoxy) is 1. The highest BCUT2D eigenvalue weighted by Crippen LogP contribution is 2.35. The number of nitrogens with one attached hydrogen (secondary N) is 1. The van der Waals surface area contributed by atoms with E-state index in [1.165, 1.54) is 54.5 Å². The highest BCUT2D eigenvalue weighted by Gasteiger charge is 2.38. The van der Waals surface area contributed by atoms with E-state index >= 15 is 0 Å². The van der Waals surface area contributed by atoms with E-state index in [-0.39, 0.29) is 28.3 Å². The van der Waals surface area contributed by atoms with Crippen LogP contribution >= 0.6 is 15.9 Å². The third-order valence-corrected chi connectivity index (χ3v) is 7.35. The van der Waals surface area contributed by atoms with Crippen LogP contribution in [-0.4, -0.2) is 27.4 Å². The van der Waals surface area contributed by atoms with Crippen molar-refractivity contribution < 1.29 is 31.6 Å². The Labute approximate surface area is 215 Å². The minimum absolute atomic E-state index is 0.0278. The molecule has 36 heavy (non-hydrogen) atoms. The normalized spacial score (nSPS) is 15.2. The first-order valence-corrected chi connectivity index (χ1v) is 12.8. The molecule has 1 aromatic heterocycles. The summed E-state index contributed by atoms with van der Waals surface area (Å²) in [5.41, 5.74) is 0.769. The lowest BCUT2D eigenvalue weighted by atomic mass is 10.1. The van der Waals surface area contributed by atoms with Crippen LogP contribution in [0.1, 0.15) is 18.4 Å². The average molecular weight is 575 g/mol. The molecule has 0 aliphatic carbocycles. The highest BCUT2D eigenvalue weighted by molar-refractivity contribution is 9.10. The van der Waals surface area contributed by atoms with Gasteiger partial charge in [-0.15, -0.1) is 0 Å². The molecule has 8 nitrogen and oxygen atoms in total. The number of hydrogen-bond acceptors (Lipinski definition) is 6. The van der Waals surface area contributed by atoms with Gasteiger partial charge in [-0.3, -0.25) is 9.69 Å². The predicted octanol–water partition coefficient (Wildman–Crippen LogP) is 4.54. The van der Waals surface area contributed by atoms with Crippen molar-refractivity contribution in [3.8, 4) is 0 Å². The van der Waals surface area contributed by atoms with Gasteiger partial charge < -0.3 is 9.15 Å². The molecule has 1 aliphatic heterocycles.